The van der Waals surface area contributed by atoms with E-state index >= 15 is 0 Å². The molecule has 3 N–H and O–H groups in total. The summed E-state index contributed by atoms with van der Waals surface area (Å²) in [5, 5.41) is 3.49. The quantitative estimate of drug-likeness (QED) is 0.778. The zero-order valence-corrected chi connectivity index (χ0v) is 14.8. The Bertz CT molecular complexity index is 706. The Morgan fingerprint density at radius 2 is 1.75 bits per heavy atom. The van der Waals surface area contributed by atoms with E-state index in [1.54, 1.807) is 24.3 Å². The molecule has 24 heavy (non-hydrogen) atoms. The first-order chi connectivity index (χ1) is 11.4. The maximum Gasteiger partial charge on any atom is 0.248 e. The van der Waals surface area contributed by atoms with Gasteiger partial charge in [0.05, 0.1) is 0 Å². The predicted molar refractivity (Wildman–Crippen MR) is 98.9 cm³/mol. The van der Waals surface area contributed by atoms with Gasteiger partial charge in [-0.3, -0.25) is 4.79 Å². The van der Waals surface area contributed by atoms with E-state index in [9.17, 15) is 4.79 Å². The van der Waals surface area contributed by atoms with Crippen molar-refractivity contribution in [3.63, 3.8) is 0 Å². The second kappa shape index (κ2) is 7.86. The van der Waals surface area contributed by atoms with Gasteiger partial charge in [-0.15, -0.1) is 0 Å². The summed E-state index contributed by atoms with van der Waals surface area (Å²) in [6.45, 7) is 9.55. The Morgan fingerprint density at radius 1 is 1.08 bits per heavy atom. The standard InChI is InChI=1S/C20H26N2O2/c1-13(2)11-12-22-18-9-10-19(15(4)14(18)3)24-17-7-5-16(6-8-17)20(21)23/h5-10,13,22H,11-12H2,1-4H3,(H2,21,23). The molecule has 0 spiro atoms. The first-order valence-corrected chi connectivity index (χ1v) is 8.30. The van der Waals surface area contributed by atoms with Crippen molar-refractivity contribution in [1.82, 2.24) is 0 Å². The predicted octanol–water partition coefficient (Wildman–Crippen LogP) is 4.65. The summed E-state index contributed by atoms with van der Waals surface area (Å²) in [6, 6.07) is 10.9. The minimum Gasteiger partial charge on any atom is -0.457 e. The number of benzene rings is 2. The highest BCUT2D eigenvalue weighted by Crippen LogP contribution is 2.31. The molecule has 4 heteroatoms. The Morgan fingerprint density at radius 3 is 2.33 bits per heavy atom. The third-order valence-corrected chi connectivity index (χ3v) is 4.14. The van der Waals surface area contributed by atoms with Crippen LogP contribution in [-0.2, 0) is 0 Å². The smallest absolute Gasteiger partial charge is 0.248 e. The molecule has 0 heterocycles. The molecule has 0 unspecified atom stereocenters. The molecule has 0 bridgehead atoms. The maximum atomic E-state index is 11.1. The Labute approximate surface area is 144 Å². The van der Waals surface area contributed by atoms with Gasteiger partial charge in [0, 0.05) is 17.8 Å². The summed E-state index contributed by atoms with van der Waals surface area (Å²) in [5.74, 6) is 1.74. The van der Waals surface area contributed by atoms with E-state index in [1.807, 2.05) is 6.07 Å². The number of nitrogens with two attached hydrogens (primary N) is 1. The van der Waals surface area contributed by atoms with Gasteiger partial charge in [0.2, 0.25) is 5.91 Å². The van der Waals surface area contributed by atoms with Crippen molar-refractivity contribution in [2.45, 2.75) is 34.1 Å². The minimum absolute atomic E-state index is 0.439. The Hall–Kier alpha value is -2.49. The fraction of sp³-hybridized carbons (Fsp3) is 0.350. The van der Waals surface area contributed by atoms with E-state index in [2.05, 4.69) is 39.1 Å². The average Bonchev–Trinajstić information content (AvgIpc) is 2.54. The van der Waals surface area contributed by atoms with Gasteiger partial charge in [-0.05, 0) is 73.7 Å². The van der Waals surface area contributed by atoms with Crippen molar-refractivity contribution < 1.29 is 9.53 Å². The number of primary amides is 1. The van der Waals surface area contributed by atoms with Crippen molar-refractivity contribution in [3.8, 4) is 11.5 Å². The van der Waals surface area contributed by atoms with E-state index < -0.39 is 5.91 Å². The van der Waals surface area contributed by atoms with Crippen LogP contribution in [0.4, 0.5) is 5.69 Å². The van der Waals surface area contributed by atoms with Gasteiger partial charge in [-0.2, -0.15) is 0 Å². The molecule has 0 radical (unpaired) electrons. The molecular weight excluding hydrogens is 300 g/mol. The maximum absolute atomic E-state index is 11.1. The van der Waals surface area contributed by atoms with Crippen molar-refractivity contribution >= 4 is 11.6 Å². The fourth-order valence-corrected chi connectivity index (χ4v) is 2.41. The lowest BCUT2D eigenvalue weighted by Crippen LogP contribution is -2.10. The lowest BCUT2D eigenvalue weighted by Gasteiger charge is -2.16. The fourth-order valence-electron chi connectivity index (χ4n) is 2.41. The molecule has 0 atom stereocenters. The molecule has 0 saturated heterocycles. The molecule has 1 amide bonds. The van der Waals surface area contributed by atoms with Crippen LogP contribution in [0.3, 0.4) is 0 Å². The number of nitrogens with one attached hydrogen (secondary N) is 1. The Kier molecular flexibility index (Phi) is 5.85. The minimum atomic E-state index is -0.439. The van der Waals surface area contributed by atoms with Crippen molar-refractivity contribution in [2.75, 3.05) is 11.9 Å². The van der Waals surface area contributed by atoms with Gasteiger partial charge in [0.15, 0.2) is 0 Å². The normalized spacial score (nSPS) is 10.7. The summed E-state index contributed by atoms with van der Waals surface area (Å²) in [5.41, 5.74) is 9.15. The van der Waals surface area contributed by atoms with Crippen molar-refractivity contribution in [1.29, 1.82) is 0 Å². The number of amides is 1. The topological polar surface area (TPSA) is 64.3 Å². The molecule has 128 valence electrons. The monoisotopic (exact) mass is 326 g/mol. The van der Waals surface area contributed by atoms with E-state index in [1.165, 1.54) is 5.56 Å². The average molecular weight is 326 g/mol. The van der Waals surface area contributed by atoms with E-state index in [4.69, 9.17) is 10.5 Å². The van der Waals surface area contributed by atoms with E-state index in [0.717, 1.165) is 30.0 Å². The van der Waals surface area contributed by atoms with Crippen LogP contribution in [0.2, 0.25) is 0 Å². The Balaban J connectivity index is 2.11. The van der Waals surface area contributed by atoms with Crippen LogP contribution in [0.1, 0.15) is 41.8 Å². The van der Waals surface area contributed by atoms with Gasteiger partial charge in [0.25, 0.3) is 0 Å². The number of carbonyl (C=O) groups excluding carboxylic acids is 1. The second-order valence-corrected chi connectivity index (χ2v) is 6.46. The number of hydrogen-bond donors (Lipinski definition) is 2. The summed E-state index contributed by atoms with van der Waals surface area (Å²) < 4.78 is 5.94. The molecular formula is C20H26N2O2. The summed E-state index contributed by atoms with van der Waals surface area (Å²) in [4.78, 5) is 11.1. The van der Waals surface area contributed by atoms with Gasteiger partial charge in [-0.1, -0.05) is 13.8 Å². The molecule has 0 aromatic heterocycles. The first-order valence-electron chi connectivity index (χ1n) is 8.30. The number of anilines is 1. The zero-order chi connectivity index (χ0) is 17.7. The largest absolute Gasteiger partial charge is 0.457 e. The molecule has 0 fully saturated rings. The first kappa shape index (κ1) is 17.9. The SMILES string of the molecule is Cc1c(NCCC(C)C)ccc(Oc2ccc(C(N)=O)cc2)c1C. The van der Waals surface area contributed by atoms with Crippen LogP contribution in [-0.4, -0.2) is 12.5 Å². The highest BCUT2D eigenvalue weighted by Gasteiger charge is 2.09. The van der Waals surface area contributed by atoms with Crippen LogP contribution in [0.5, 0.6) is 11.5 Å². The number of rotatable bonds is 7. The van der Waals surface area contributed by atoms with Crippen molar-refractivity contribution in [2.24, 2.45) is 11.7 Å². The van der Waals surface area contributed by atoms with Crippen LogP contribution < -0.4 is 15.8 Å². The van der Waals surface area contributed by atoms with Gasteiger partial charge >= 0.3 is 0 Å². The molecule has 0 aliphatic rings. The molecule has 4 nitrogen and oxygen atoms in total. The van der Waals surface area contributed by atoms with Gasteiger partial charge in [-0.25, -0.2) is 0 Å². The summed E-state index contributed by atoms with van der Waals surface area (Å²) in [6.07, 6.45) is 1.14. The van der Waals surface area contributed by atoms with Crippen LogP contribution >= 0.6 is 0 Å². The molecule has 0 aliphatic heterocycles. The molecule has 2 aromatic carbocycles. The zero-order valence-electron chi connectivity index (χ0n) is 14.8. The third-order valence-electron chi connectivity index (χ3n) is 4.14. The number of carbonyl (C=O) groups is 1. The van der Waals surface area contributed by atoms with Crippen LogP contribution in [0, 0.1) is 19.8 Å². The molecule has 0 saturated carbocycles. The molecule has 2 rings (SSSR count). The second-order valence-electron chi connectivity index (χ2n) is 6.46. The highest BCUT2D eigenvalue weighted by molar-refractivity contribution is 5.92. The van der Waals surface area contributed by atoms with Gasteiger partial charge < -0.3 is 15.8 Å². The molecule has 0 aliphatic carbocycles. The lowest BCUT2D eigenvalue weighted by molar-refractivity contribution is 0.100. The third kappa shape index (κ3) is 4.51. The molecule has 2 aromatic rings. The van der Waals surface area contributed by atoms with E-state index in [0.29, 0.717) is 17.2 Å². The highest BCUT2D eigenvalue weighted by atomic mass is 16.5. The van der Waals surface area contributed by atoms with Crippen LogP contribution in [0.15, 0.2) is 36.4 Å². The number of hydrogen-bond acceptors (Lipinski definition) is 3. The van der Waals surface area contributed by atoms with Crippen LogP contribution in [0.25, 0.3) is 0 Å². The number of ether oxygens (including phenoxy) is 1. The summed E-state index contributed by atoms with van der Waals surface area (Å²) >= 11 is 0. The summed E-state index contributed by atoms with van der Waals surface area (Å²) in [7, 11) is 0. The van der Waals surface area contributed by atoms with Crippen molar-refractivity contribution in [3.05, 3.63) is 53.1 Å². The lowest BCUT2D eigenvalue weighted by atomic mass is 10.1. The van der Waals surface area contributed by atoms with E-state index in [-0.39, 0.29) is 0 Å². The van der Waals surface area contributed by atoms with Gasteiger partial charge in [0.1, 0.15) is 11.5 Å².